The molecule has 2 aliphatic carbocycles. The minimum absolute atomic E-state index is 0.178. The van der Waals surface area contributed by atoms with Gasteiger partial charge >= 0.3 is 6.09 Å². The molecule has 0 spiro atoms. The molecule has 4 heteroatoms. The van der Waals surface area contributed by atoms with Crippen LogP contribution in [0.2, 0.25) is 0 Å². The largest absolute Gasteiger partial charge is 0.453 e. The molecule has 0 aliphatic heterocycles. The maximum absolute atomic E-state index is 11.8. The van der Waals surface area contributed by atoms with Crippen molar-refractivity contribution in [2.24, 2.45) is 5.92 Å². The first kappa shape index (κ1) is 17.3. The molecule has 0 aromatic heterocycles. The van der Waals surface area contributed by atoms with Crippen LogP contribution in [0.15, 0.2) is 30.3 Å². The van der Waals surface area contributed by atoms with Gasteiger partial charge in [0.05, 0.1) is 7.11 Å². The number of ether oxygens (including phenoxy) is 1. The zero-order valence-electron chi connectivity index (χ0n) is 14.9. The van der Waals surface area contributed by atoms with Gasteiger partial charge in [0.15, 0.2) is 0 Å². The van der Waals surface area contributed by atoms with Crippen LogP contribution in [-0.2, 0) is 4.74 Å². The second kappa shape index (κ2) is 8.02. The molecule has 24 heavy (non-hydrogen) atoms. The summed E-state index contributed by atoms with van der Waals surface area (Å²) in [6.07, 6.45) is 5.69. The van der Waals surface area contributed by atoms with Crippen molar-refractivity contribution in [1.82, 2.24) is 10.2 Å². The summed E-state index contributed by atoms with van der Waals surface area (Å²) in [6.45, 7) is 3.88. The van der Waals surface area contributed by atoms with Crippen LogP contribution in [0.1, 0.15) is 50.5 Å². The third-order valence-electron chi connectivity index (χ3n) is 5.69. The summed E-state index contributed by atoms with van der Waals surface area (Å²) < 4.78 is 4.90. The lowest BCUT2D eigenvalue weighted by atomic mass is 9.85. The Morgan fingerprint density at radius 1 is 1.21 bits per heavy atom. The van der Waals surface area contributed by atoms with E-state index >= 15 is 0 Å². The number of hydrogen-bond donors (Lipinski definition) is 1. The van der Waals surface area contributed by atoms with Gasteiger partial charge in [0.25, 0.3) is 0 Å². The first-order chi connectivity index (χ1) is 11.7. The molecule has 0 bridgehead atoms. The predicted molar refractivity (Wildman–Crippen MR) is 96.1 cm³/mol. The Labute approximate surface area is 145 Å². The molecule has 2 atom stereocenters. The zero-order valence-corrected chi connectivity index (χ0v) is 14.9. The highest BCUT2D eigenvalue weighted by Gasteiger charge is 2.38. The number of hydrogen-bond acceptors (Lipinski definition) is 3. The molecule has 1 aromatic carbocycles. The van der Waals surface area contributed by atoms with Gasteiger partial charge in [0.2, 0.25) is 0 Å². The number of nitrogens with one attached hydrogen (secondary N) is 1. The summed E-state index contributed by atoms with van der Waals surface area (Å²) in [5, 5.41) is 3.76. The quantitative estimate of drug-likeness (QED) is 0.863. The summed E-state index contributed by atoms with van der Waals surface area (Å²) in [6, 6.07) is 11.8. The van der Waals surface area contributed by atoms with Crippen molar-refractivity contribution >= 4 is 6.09 Å². The van der Waals surface area contributed by atoms with Crippen molar-refractivity contribution in [3.8, 4) is 0 Å². The third kappa shape index (κ3) is 4.10. The van der Waals surface area contributed by atoms with E-state index < -0.39 is 0 Å². The Bertz CT molecular complexity index is 526. The van der Waals surface area contributed by atoms with E-state index in [2.05, 4.69) is 35.6 Å². The molecule has 0 unspecified atom stereocenters. The van der Waals surface area contributed by atoms with Gasteiger partial charge in [-0.25, -0.2) is 4.79 Å². The number of rotatable bonds is 6. The van der Waals surface area contributed by atoms with E-state index in [1.54, 1.807) is 0 Å². The molecule has 4 nitrogen and oxygen atoms in total. The van der Waals surface area contributed by atoms with E-state index in [-0.39, 0.29) is 6.09 Å². The van der Waals surface area contributed by atoms with Crippen molar-refractivity contribution < 1.29 is 9.53 Å². The van der Waals surface area contributed by atoms with Gasteiger partial charge in [-0.3, -0.25) is 0 Å². The van der Waals surface area contributed by atoms with E-state index in [1.807, 2.05) is 11.8 Å². The van der Waals surface area contributed by atoms with E-state index in [0.717, 1.165) is 31.8 Å². The molecular formula is C20H30N2O2. The molecule has 2 aliphatic rings. The van der Waals surface area contributed by atoms with Gasteiger partial charge in [-0.2, -0.15) is 0 Å². The average molecular weight is 330 g/mol. The van der Waals surface area contributed by atoms with Crippen LogP contribution in [0.3, 0.4) is 0 Å². The van der Waals surface area contributed by atoms with Crippen molar-refractivity contribution in [2.75, 3.05) is 20.2 Å². The molecule has 132 valence electrons. The van der Waals surface area contributed by atoms with E-state index in [9.17, 15) is 4.79 Å². The number of methoxy groups -OCH3 is 1. The van der Waals surface area contributed by atoms with Crippen molar-refractivity contribution in [3.05, 3.63) is 35.9 Å². The number of nitrogens with zero attached hydrogens (tertiary/aromatic N) is 1. The Balaban J connectivity index is 1.38. The van der Waals surface area contributed by atoms with Crippen LogP contribution in [0.25, 0.3) is 0 Å². The van der Waals surface area contributed by atoms with E-state index in [0.29, 0.717) is 18.0 Å². The summed E-state index contributed by atoms with van der Waals surface area (Å²) in [5.41, 5.74) is 1.47. The maximum Gasteiger partial charge on any atom is 0.409 e. The molecule has 1 aromatic rings. The molecule has 1 N–H and O–H groups in total. The van der Waals surface area contributed by atoms with Crippen molar-refractivity contribution in [3.63, 3.8) is 0 Å². The van der Waals surface area contributed by atoms with Crippen molar-refractivity contribution in [2.45, 2.75) is 57.0 Å². The third-order valence-corrected chi connectivity index (χ3v) is 5.69. The van der Waals surface area contributed by atoms with Crippen LogP contribution in [-0.4, -0.2) is 43.3 Å². The molecular weight excluding hydrogens is 300 g/mol. The summed E-state index contributed by atoms with van der Waals surface area (Å²) >= 11 is 0. The fourth-order valence-corrected chi connectivity index (χ4v) is 4.12. The van der Waals surface area contributed by atoms with Crippen LogP contribution >= 0.6 is 0 Å². The minimum atomic E-state index is -0.178. The lowest BCUT2D eigenvalue weighted by Crippen LogP contribution is -2.43. The minimum Gasteiger partial charge on any atom is -0.453 e. The topological polar surface area (TPSA) is 41.6 Å². The van der Waals surface area contributed by atoms with Crippen LogP contribution in [0.4, 0.5) is 4.79 Å². The smallest absolute Gasteiger partial charge is 0.409 e. The molecule has 0 heterocycles. The van der Waals surface area contributed by atoms with Gasteiger partial charge in [0.1, 0.15) is 0 Å². The van der Waals surface area contributed by atoms with Gasteiger partial charge in [-0.1, -0.05) is 30.3 Å². The molecule has 0 saturated heterocycles. The molecule has 3 rings (SSSR count). The molecule has 0 radical (unpaired) electrons. The van der Waals surface area contributed by atoms with Gasteiger partial charge in [-0.05, 0) is 57.1 Å². The number of carbonyl (C=O) groups is 1. The lowest BCUT2D eigenvalue weighted by Gasteiger charge is -2.35. The monoisotopic (exact) mass is 330 g/mol. The second-order valence-electron chi connectivity index (χ2n) is 7.20. The molecule has 2 fully saturated rings. The van der Waals surface area contributed by atoms with Crippen molar-refractivity contribution in [1.29, 1.82) is 0 Å². The Hall–Kier alpha value is -1.55. The Kier molecular flexibility index (Phi) is 5.77. The summed E-state index contributed by atoms with van der Waals surface area (Å²) in [7, 11) is 1.47. The highest BCUT2D eigenvalue weighted by molar-refractivity contribution is 5.67. The molecule has 1 amide bonds. The predicted octanol–water partition coefficient (Wildman–Crippen LogP) is 3.78. The first-order valence-corrected chi connectivity index (χ1v) is 9.35. The fraction of sp³-hybridized carbons (Fsp3) is 0.650. The second-order valence-corrected chi connectivity index (χ2v) is 7.20. The normalized spacial score (nSPS) is 29.1. The molecule has 2 saturated carbocycles. The highest BCUT2D eigenvalue weighted by Crippen LogP contribution is 2.41. The van der Waals surface area contributed by atoms with Crippen LogP contribution in [0, 0.1) is 5.92 Å². The Morgan fingerprint density at radius 2 is 1.92 bits per heavy atom. The first-order valence-electron chi connectivity index (χ1n) is 9.35. The number of carbonyl (C=O) groups excluding carboxylic acids is 1. The van der Waals surface area contributed by atoms with E-state index in [1.165, 1.54) is 31.9 Å². The number of amides is 1. The zero-order chi connectivity index (χ0) is 16.9. The number of benzene rings is 1. The fourth-order valence-electron chi connectivity index (χ4n) is 4.12. The standard InChI is InChI=1S/C20H30N2O2/c1-3-22(20(23)24-2)17-11-9-15(10-12-17)14-21-19-13-18(19)16-7-5-4-6-8-16/h4-8,15,17-19,21H,3,9-14H2,1-2H3/t15?,17?,18-,19+/m0/s1. The maximum atomic E-state index is 11.8. The van der Waals surface area contributed by atoms with Gasteiger partial charge in [0, 0.05) is 24.5 Å². The van der Waals surface area contributed by atoms with Gasteiger partial charge in [-0.15, -0.1) is 0 Å². The summed E-state index contributed by atoms with van der Waals surface area (Å²) in [4.78, 5) is 13.7. The SMILES string of the molecule is CCN(C(=O)OC)C1CCC(CN[C@@H]2C[C@H]2c2ccccc2)CC1. The Morgan fingerprint density at radius 3 is 2.54 bits per heavy atom. The van der Waals surface area contributed by atoms with Gasteiger partial charge < -0.3 is 15.0 Å². The van der Waals surface area contributed by atoms with Crippen LogP contribution < -0.4 is 5.32 Å². The lowest BCUT2D eigenvalue weighted by molar-refractivity contribution is 0.0905. The summed E-state index contributed by atoms with van der Waals surface area (Å²) in [5.74, 6) is 1.45. The highest BCUT2D eigenvalue weighted by atomic mass is 16.5. The van der Waals surface area contributed by atoms with E-state index in [4.69, 9.17) is 4.74 Å². The van der Waals surface area contributed by atoms with Crippen LogP contribution in [0.5, 0.6) is 0 Å². The average Bonchev–Trinajstić information content (AvgIpc) is 3.42.